The number of hydrogen-bond acceptors (Lipinski definition) is 3. The van der Waals surface area contributed by atoms with Crippen LogP contribution in [0.15, 0.2) is 0 Å². The molecule has 0 aromatic rings. The second-order valence-corrected chi connectivity index (χ2v) is 5.71. The van der Waals surface area contributed by atoms with Crippen LogP contribution in [-0.2, 0) is 8.85 Å². The Balaban J connectivity index is 3.80. The molecule has 0 N–H and O–H groups in total. The van der Waals surface area contributed by atoms with Gasteiger partial charge in [-0.25, -0.2) is 0 Å². The highest BCUT2D eigenvalue weighted by atomic mass is 32.1. The lowest BCUT2D eigenvalue weighted by molar-refractivity contribution is 0.348. The normalized spacial score (nSPS) is 13.2. The van der Waals surface area contributed by atoms with Crippen LogP contribution >= 0.6 is 12.2 Å². The van der Waals surface area contributed by atoms with Gasteiger partial charge in [-0.2, -0.15) is 0 Å². The van der Waals surface area contributed by atoms with Crippen LogP contribution in [0.5, 0.6) is 0 Å². The van der Waals surface area contributed by atoms with Crippen molar-refractivity contribution in [3.8, 4) is 0 Å². The van der Waals surface area contributed by atoms with Crippen molar-refractivity contribution < 1.29 is 8.85 Å². The molecule has 0 rings (SSSR count). The lowest BCUT2D eigenvalue weighted by Crippen LogP contribution is -2.18. The van der Waals surface area contributed by atoms with Gasteiger partial charge in [0.15, 0.2) is 0 Å². The molecule has 0 aliphatic rings. The van der Waals surface area contributed by atoms with Gasteiger partial charge < -0.3 is 8.85 Å². The van der Waals surface area contributed by atoms with E-state index in [0.29, 0.717) is 5.92 Å². The number of unbranched alkanes of at least 4 members (excludes halogenated alkanes) is 3. The van der Waals surface area contributed by atoms with Gasteiger partial charge in [-0.3, -0.25) is 0 Å². The van der Waals surface area contributed by atoms with E-state index < -0.39 is 10.0 Å². The fraction of sp³-hybridized carbons (Fsp3) is 0.917. The van der Waals surface area contributed by atoms with E-state index in [2.05, 4.69) is 13.8 Å². The summed E-state index contributed by atoms with van der Waals surface area (Å²) in [6.07, 6.45) is 8.73. The molecule has 0 aliphatic heterocycles. The second kappa shape index (κ2) is 11.5. The average Bonchev–Trinajstić information content (AvgIpc) is 2.30. The highest BCUT2D eigenvalue weighted by Gasteiger charge is 2.14. The molecular weight excluding hydrogens is 236 g/mol. The van der Waals surface area contributed by atoms with Gasteiger partial charge in [0, 0.05) is 13.0 Å². The van der Waals surface area contributed by atoms with E-state index in [9.17, 15) is 0 Å². The molecule has 96 valence electrons. The van der Waals surface area contributed by atoms with Gasteiger partial charge in [0.05, 0.1) is 0 Å². The SMILES string of the molecule is CCCCCCC(CCC)C(=S)O[SiH2]OC. The van der Waals surface area contributed by atoms with Crippen LogP contribution in [0.2, 0.25) is 0 Å². The fourth-order valence-electron chi connectivity index (χ4n) is 1.78. The van der Waals surface area contributed by atoms with Crippen molar-refractivity contribution in [1.29, 1.82) is 0 Å². The minimum Gasteiger partial charge on any atom is -0.519 e. The molecule has 0 aliphatic carbocycles. The van der Waals surface area contributed by atoms with E-state index in [0.717, 1.165) is 11.5 Å². The summed E-state index contributed by atoms with van der Waals surface area (Å²) in [7, 11) is 0.826. The first-order valence-corrected chi connectivity index (χ1v) is 7.98. The van der Waals surface area contributed by atoms with E-state index >= 15 is 0 Å². The first kappa shape index (κ1) is 16.1. The van der Waals surface area contributed by atoms with Crippen molar-refractivity contribution in [2.75, 3.05) is 7.11 Å². The average molecular weight is 262 g/mol. The maximum Gasteiger partial charge on any atom is 0.366 e. The smallest absolute Gasteiger partial charge is 0.366 e. The van der Waals surface area contributed by atoms with Crippen LogP contribution in [0, 0.1) is 5.92 Å². The summed E-state index contributed by atoms with van der Waals surface area (Å²) in [5.41, 5.74) is 0. The van der Waals surface area contributed by atoms with Gasteiger partial charge in [0.25, 0.3) is 0 Å². The molecule has 2 nitrogen and oxygen atoms in total. The molecule has 0 amide bonds. The van der Waals surface area contributed by atoms with Crippen LogP contribution in [-0.4, -0.2) is 22.2 Å². The molecule has 4 heteroatoms. The molecular formula is C12H26O2SSi. The number of hydrogen-bond donors (Lipinski definition) is 0. The molecule has 0 spiro atoms. The summed E-state index contributed by atoms with van der Waals surface area (Å²) in [5, 5.41) is 0.798. The summed E-state index contributed by atoms with van der Waals surface area (Å²) >= 11 is 5.32. The summed E-state index contributed by atoms with van der Waals surface area (Å²) in [4.78, 5) is 0. The van der Waals surface area contributed by atoms with Gasteiger partial charge in [-0.1, -0.05) is 46.0 Å². The van der Waals surface area contributed by atoms with Crippen LogP contribution in [0.1, 0.15) is 58.8 Å². The largest absolute Gasteiger partial charge is 0.519 e. The third-order valence-corrected chi connectivity index (χ3v) is 4.02. The molecule has 1 atom stereocenters. The van der Waals surface area contributed by atoms with Crippen LogP contribution < -0.4 is 0 Å². The number of rotatable bonds is 10. The predicted molar refractivity (Wildman–Crippen MR) is 76.4 cm³/mol. The Morgan fingerprint density at radius 3 is 2.44 bits per heavy atom. The molecule has 0 saturated carbocycles. The van der Waals surface area contributed by atoms with E-state index in [1.54, 1.807) is 7.11 Å². The van der Waals surface area contributed by atoms with E-state index in [4.69, 9.17) is 21.1 Å². The monoisotopic (exact) mass is 262 g/mol. The topological polar surface area (TPSA) is 18.5 Å². The van der Waals surface area contributed by atoms with Crippen LogP contribution in [0.25, 0.3) is 0 Å². The summed E-state index contributed by atoms with van der Waals surface area (Å²) in [6.45, 7) is 4.44. The Kier molecular flexibility index (Phi) is 11.6. The molecule has 0 radical (unpaired) electrons. The molecule has 0 fully saturated rings. The lowest BCUT2D eigenvalue weighted by atomic mass is 9.97. The van der Waals surface area contributed by atoms with Crippen LogP contribution in [0.4, 0.5) is 0 Å². The first-order chi connectivity index (χ1) is 7.76. The fourth-order valence-corrected chi connectivity index (χ4v) is 2.63. The molecule has 1 unspecified atom stereocenters. The lowest BCUT2D eigenvalue weighted by Gasteiger charge is -2.17. The Labute approximate surface area is 108 Å². The van der Waals surface area contributed by atoms with E-state index in [1.165, 1.54) is 38.5 Å². The minimum atomic E-state index is -0.860. The Hall–Kier alpha value is 0.0669. The van der Waals surface area contributed by atoms with Gasteiger partial charge in [-0.05, 0) is 25.1 Å². The maximum absolute atomic E-state index is 5.51. The summed E-state index contributed by atoms with van der Waals surface area (Å²) < 4.78 is 10.5. The van der Waals surface area contributed by atoms with Crippen molar-refractivity contribution in [3.63, 3.8) is 0 Å². The van der Waals surface area contributed by atoms with Gasteiger partial charge >= 0.3 is 10.0 Å². The Morgan fingerprint density at radius 1 is 1.12 bits per heavy atom. The van der Waals surface area contributed by atoms with E-state index in [1.807, 2.05) is 0 Å². The molecule has 0 bridgehead atoms. The zero-order valence-electron chi connectivity index (χ0n) is 11.0. The highest BCUT2D eigenvalue weighted by molar-refractivity contribution is 7.80. The zero-order valence-corrected chi connectivity index (χ0v) is 13.2. The van der Waals surface area contributed by atoms with Crippen molar-refractivity contribution in [3.05, 3.63) is 0 Å². The standard InChI is InChI=1S/C12H26O2SSi/c1-4-6-7-8-10-11(9-5-2)12(15)14-16-13-3/h11H,4-10,16H2,1-3H3. The Morgan fingerprint density at radius 2 is 1.88 bits per heavy atom. The van der Waals surface area contributed by atoms with Crippen molar-refractivity contribution in [1.82, 2.24) is 0 Å². The van der Waals surface area contributed by atoms with Gasteiger partial charge in [-0.15, -0.1) is 0 Å². The Bertz CT molecular complexity index is 176. The third-order valence-electron chi connectivity index (χ3n) is 2.70. The minimum absolute atomic E-state index is 0.472. The van der Waals surface area contributed by atoms with Crippen molar-refractivity contribution in [2.24, 2.45) is 5.92 Å². The molecule has 0 saturated heterocycles. The van der Waals surface area contributed by atoms with Crippen molar-refractivity contribution >= 4 is 27.3 Å². The predicted octanol–water partition coefficient (Wildman–Crippen LogP) is 3.36. The molecule has 0 aromatic heterocycles. The second-order valence-electron chi connectivity index (χ2n) is 4.20. The zero-order chi connectivity index (χ0) is 12.2. The number of thiocarbonyl (C=S) groups is 1. The maximum atomic E-state index is 5.51. The van der Waals surface area contributed by atoms with E-state index in [-0.39, 0.29) is 0 Å². The molecule has 0 aromatic carbocycles. The first-order valence-electron chi connectivity index (χ1n) is 6.41. The quantitative estimate of drug-likeness (QED) is 0.342. The van der Waals surface area contributed by atoms with Crippen LogP contribution in [0.3, 0.4) is 0 Å². The van der Waals surface area contributed by atoms with Crippen molar-refractivity contribution in [2.45, 2.75) is 58.8 Å². The highest BCUT2D eigenvalue weighted by Crippen LogP contribution is 2.18. The van der Waals surface area contributed by atoms with Gasteiger partial charge in [0.1, 0.15) is 5.05 Å². The molecule has 16 heavy (non-hydrogen) atoms. The third kappa shape index (κ3) is 8.25. The van der Waals surface area contributed by atoms with Gasteiger partial charge in [0.2, 0.25) is 0 Å². The molecule has 0 heterocycles. The summed E-state index contributed by atoms with van der Waals surface area (Å²) in [5.74, 6) is 0.472. The summed E-state index contributed by atoms with van der Waals surface area (Å²) in [6, 6.07) is 0.